The lowest BCUT2D eigenvalue weighted by Crippen LogP contribution is -2.65. The summed E-state index contributed by atoms with van der Waals surface area (Å²) < 4.78 is 40.4. The minimum atomic E-state index is -3.93. The van der Waals surface area contributed by atoms with Gasteiger partial charge in [0.2, 0.25) is 15.9 Å². The Balaban J connectivity index is 1.49. The number of piperazine rings is 1. The molecule has 1 spiro atoms. The number of carbonyl (C=O) groups is 1. The quantitative estimate of drug-likeness (QED) is 0.719. The summed E-state index contributed by atoms with van der Waals surface area (Å²) in [6.07, 6.45) is 1.53. The van der Waals surface area contributed by atoms with E-state index in [1.807, 2.05) is 0 Å². The third-order valence-electron chi connectivity index (χ3n) is 6.68. The molecule has 0 aliphatic carbocycles. The number of rotatable bonds is 4. The summed E-state index contributed by atoms with van der Waals surface area (Å²) in [5.41, 5.74) is -1.60. The first-order valence-electron chi connectivity index (χ1n) is 10.7. The second kappa shape index (κ2) is 7.93. The minimum Gasteiger partial charge on any atom is -0.380 e. The zero-order valence-corrected chi connectivity index (χ0v) is 19.4. The Morgan fingerprint density at radius 1 is 1.12 bits per heavy atom. The van der Waals surface area contributed by atoms with Crippen LogP contribution in [-0.2, 0) is 24.3 Å². The summed E-state index contributed by atoms with van der Waals surface area (Å²) in [5, 5.41) is 5.51. The van der Waals surface area contributed by atoms with Gasteiger partial charge in [-0.15, -0.1) is 0 Å². The molecule has 3 aliphatic rings. The van der Waals surface area contributed by atoms with Gasteiger partial charge in [-0.2, -0.15) is 4.31 Å². The van der Waals surface area contributed by atoms with Crippen LogP contribution in [0.5, 0.6) is 0 Å². The van der Waals surface area contributed by atoms with Gasteiger partial charge in [0.25, 0.3) is 0 Å². The van der Waals surface area contributed by atoms with E-state index in [4.69, 9.17) is 21.1 Å². The number of carbonyl (C=O) groups excluding carboxylic acids is 1. The summed E-state index contributed by atoms with van der Waals surface area (Å²) >= 11 is 6.05. The van der Waals surface area contributed by atoms with Crippen molar-refractivity contribution in [1.82, 2.24) is 14.5 Å². The number of hydrogen-bond acceptors (Lipinski definition) is 6. The smallest absolute Gasteiger partial charge is 0.243 e. The molecule has 2 aromatic rings. The Morgan fingerprint density at radius 3 is 2.59 bits per heavy atom. The van der Waals surface area contributed by atoms with Gasteiger partial charge in [-0.1, -0.05) is 23.7 Å². The summed E-state index contributed by atoms with van der Waals surface area (Å²) in [6, 6.07) is 10.2. The molecule has 10 heteroatoms. The van der Waals surface area contributed by atoms with E-state index in [1.165, 1.54) is 11.4 Å². The predicted molar refractivity (Wildman–Crippen MR) is 120 cm³/mol. The normalized spacial score (nSPS) is 26.1. The number of benzene rings is 2. The highest BCUT2D eigenvalue weighted by Crippen LogP contribution is 2.43. The molecule has 2 aromatic carbocycles. The van der Waals surface area contributed by atoms with E-state index in [0.29, 0.717) is 11.6 Å². The maximum absolute atomic E-state index is 13.6. The molecule has 8 nitrogen and oxygen atoms in total. The van der Waals surface area contributed by atoms with Crippen LogP contribution in [0, 0.1) is 0 Å². The number of sulfonamides is 1. The zero-order chi connectivity index (χ0) is 22.6. The number of fused-ring (bicyclic) bond motifs is 2. The summed E-state index contributed by atoms with van der Waals surface area (Å²) in [5.74, 6) is -0.264. The predicted octanol–water partition coefficient (Wildman–Crippen LogP) is 1.82. The molecule has 1 amide bonds. The van der Waals surface area contributed by atoms with Crippen molar-refractivity contribution in [3.63, 3.8) is 0 Å². The molecule has 0 saturated carbocycles. The third kappa shape index (κ3) is 3.61. The highest BCUT2D eigenvalue weighted by molar-refractivity contribution is 7.89. The highest BCUT2D eigenvalue weighted by atomic mass is 35.5. The number of hydrogen-bond donors (Lipinski definition) is 1. The molecule has 3 saturated heterocycles. The largest absolute Gasteiger partial charge is 0.380 e. The highest BCUT2D eigenvalue weighted by Gasteiger charge is 2.60. The first-order chi connectivity index (χ1) is 15.3. The maximum atomic E-state index is 13.6. The fourth-order valence-electron chi connectivity index (χ4n) is 5.12. The van der Waals surface area contributed by atoms with Gasteiger partial charge in [0, 0.05) is 12.1 Å². The van der Waals surface area contributed by atoms with Crippen LogP contribution in [0.3, 0.4) is 0 Å². The van der Waals surface area contributed by atoms with Crippen LogP contribution in [-0.4, -0.2) is 81.3 Å². The second-order valence-corrected chi connectivity index (χ2v) is 11.2. The van der Waals surface area contributed by atoms with Gasteiger partial charge >= 0.3 is 0 Å². The van der Waals surface area contributed by atoms with Crippen molar-refractivity contribution in [2.24, 2.45) is 0 Å². The Bertz CT molecular complexity index is 1170. The topological polar surface area (TPSA) is 88.2 Å². The standard InChI is InChI=1S/C22H26ClN3O5S/c1-30-15-22-14-25(12-20(27)26(22)13-21(31-22)6-8-24-9-7-21)32(28,29)19-5-3-16-10-18(23)4-2-17(16)11-19/h2-5,10-11,24H,6-9,12-15H2,1H3. The number of nitrogens with one attached hydrogen (secondary N) is 1. The molecule has 1 N–H and O–H groups in total. The Labute approximate surface area is 192 Å². The molecule has 1 unspecified atom stereocenters. The van der Waals surface area contributed by atoms with E-state index in [2.05, 4.69) is 5.32 Å². The first-order valence-corrected chi connectivity index (χ1v) is 12.5. The Hall–Kier alpha value is -1.75. The van der Waals surface area contributed by atoms with E-state index >= 15 is 0 Å². The van der Waals surface area contributed by atoms with E-state index in [0.717, 1.165) is 36.7 Å². The van der Waals surface area contributed by atoms with Gasteiger partial charge in [-0.3, -0.25) is 4.79 Å². The van der Waals surface area contributed by atoms with Crippen molar-refractivity contribution in [3.8, 4) is 0 Å². The summed E-state index contributed by atoms with van der Waals surface area (Å²) in [7, 11) is -2.39. The van der Waals surface area contributed by atoms with Gasteiger partial charge in [0.05, 0.1) is 36.7 Å². The second-order valence-electron chi connectivity index (χ2n) is 8.82. The van der Waals surface area contributed by atoms with Gasteiger partial charge < -0.3 is 19.7 Å². The fraction of sp³-hybridized carbons (Fsp3) is 0.500. The molecule has 172 valence electrons. The van der Waals surface area contributed by atoms with Crippen molar-refractivity contribution >= 4 is 38.3 Å². The van der Waals surface area contributed by atoms with E-state index in [-0.39, 0.29) is 30.5 Å². The maximum Gasteiger partial charge on any atom is 0.243 e. The van der Waals surface area contributed by atoms with E-state index in [9.17, 15) is 13.2 Å². The van der Waals surface area contributed by atoms with Gasteiger partial charge in [-0.05, 0) is 61.0 Å². The zero-order valence-electron chi connectivity index (χ0n) is 17.8. The van der Waals surface area contributed by atoms with Crippen LogP contribution in [0.4, 0.5) is 0 Å². The SMILES string of the molecule is COCC12CN(S(=O)(=O)c3ccc4cc(Cl)ccc4c3)CC(=O)N1CC1(CCNCC1)O2. The lowest BCUT2D eigenvalue weighted by Gasteiger charge is -2.44. The number of amides is 1. The number of nitrogens with zero attached hydrogens (tertiary/aromatic N) is 2. The molecule has 3 aliphatic heterocycles. The number of methoxy groups -OCH3 is 1. The molecule has 0 aromatic heterocycles. The molecular weight excluding hydrogens is 454 g/mol. The molecule has 0 bridgehead atoms. The van der Waals surface area contributed by atoms with Crippen LogP contribution in [0.15, 0.2) is 41.3 Å². The summed E-state index contributed by atoms with van der Waals surface area (Å²) in [4.78, 5) is 15.0. The van der Waals surface area contributed by atoms with Crippen molar-refractivity contribution in [2.45, 2.75) is 29.1 Å². The van der Waals surface area contributed by atoms with Crippen LogP contribution in [0.1, 0.15) is 12.8 Å². The van der Waals surface area contributed by atoms with E-state index < -0.39 is 21.3 Å². The van der Waals surface area contributed by atoms with Crippen molar-refractivity contribution in [1.29, 1.82) is 0 Å². The van der Waals surface area contributed by atoms with Gasteiger partial charge in [0.1, 0.15) is 0 Å². The number of ether oxygens (including phenoxy) is 2. The van der Waals surface area contributed by atoms with Crippen molar-refractivity contribution in [2.75, 3.05) is 46.4 Å². The molecule has 3 heterocycles. The van der Waals surface area contributed by atoms with Gasteiger partial charge in [-0.25, -0.2) is 8.42 Å². The Kier molecular flexibility index (Phi) is 5.47. The lowest BCUT2D eigenvalue weighted by molar-refractivity contribution is -0.195. The van der Waals surface area contributed by atoms with Crippen molar-refractivity contribution in [3.05, 3.63) is 41.4 Å². The average molecular weight is 480 g/mol. The first kappa shape index (κ1) is 22.1. The van der Waals surface area contributed by atoms with Crippen molar-refractivity contribution < 1.29 is 22.7 Å². The van der Waals surface area contributed by atoms with Crippen LogP contribution in [0.25, 0.3) is 10.8 Å². The summed E-state index contributed by atoms with van der Waals surface area (Å²) in [6.45, 7) is 1.98. The van der Waals surface area contributed by atoms with Gasteiger partial charge in [0.15, 0.2) is 5.72 Å². The van der Waals surface area contributed by atoms with E-state index in [1.54, 1.807) is 41.3 Å². The molecule has 0 radical (unpaired) electrons. The molecule has 1 atom stereocenters. The lowest BCUT2D eigenvalue weighted by atomic mass is 9.92. The van der Waals surface area contributed by atoms with Crippen LogP contribution in [0.2, 0.25) is 5.02 Å². The number of halogens is 1. The fourth-order valence-corrected chi connectivity index (χ4v) is 6.77. The minimum absolute atomic E-state index is 0.0305. The number of piperidine rings is 1. The molecular formula is C22H26ClN3O5S. The molecule has 3 fully saturated rings. The molecule has 32 heavy (non-hydrogen) atoms. The Morgan fingerprint density at radius 2 is 1.84 bits per heavy atom. The third-order valence-corrected chi connectivity index (χ3v) is 8.70. The molecule has 5 rings (SSSR count). The van der Waals surface area contributed by atoms with Crippen LogP contribution >= 0.6 is 11.6 Å². The van der Waals surface area contributed by atoms with Crippen LogP contribution < -0.4 is 5.32 Å². The monoisotopic (exact) mass is 479 g/mol. The average Bonchev–Trinajstić information content (AvgIpc) is 3.07.